The molecule has 5 heteroatoms. The number of carbonyl (C=O) groups excluding carboxylic acids is 1. The van der Waals surface area contributed by atoms with Crippen molar-refractivity contribution in [2.75, 3.05) is 5.32 Å². The molecule has 0 radical (unpaired) electrons. The highest BCUT2D eigenvalue weighted by Crippen LogP contribution is 2.23. The lowest BCUT2D eigenvalue weighted by Crippen LogP contribution is -2.11. The molecule has 0 bridgehead atoms. The Kier molecular flexibility index (Phi) is 4.06. The van der Waals surface area contributed by atoms with Crippen LogP contribution in [0.15, 0.2) is 42.5 Å². The summed E-state index contributed by atoms with van der Waals surface area (Å²) in [6.07, 6.45) is 0. The van der Waals surface area contributed by atoms with E-state index < -0.39 is 5.91 Å². The Bertz CT molecular complexity index is 596. The Morgan fingerprint density at radius 3 is 2.42 bits per heavy atom. The number of aromatic hydroxyl groups is 2. The lowest BCUT2D eigenvalue weighted by atomic mass is 10.1. The van der Waals surface area contributed by atoms with Gasteiger partial charge in [-0.2, -0.15) is 0 Å². The van der Waals surface area contributed by atoms with Gasteiger partial charge in [-0.1, -0.05) is 28.1 Å². The van der Waals surface area contributed by atoms with Crippen molar-refractivity contribution in [1.82, 2.24) is 0 Å². The Labute approximate surface area is 118 Å². The van der Waals surface area contributed by atoms with Gasteiger partial charge in [0.2, 0.25) is 0 Å². The van der Waals surface area contributed by atoms with E-state index in [1.54, 1.807) is 12.1 Å². The maximum absolute atomic E-state index is 12.0. The normalized spacial score (nSPS) is 10.2. The van der Waals surface area contributed by atoms with Gasteiger partial charge in [0, 0.05) is 11.0 Å². The summed E-state index contributed by atoms with van der Waals surface area (Å²) in [5.41, 5.74) is 1.75. The molecule has 0 atom stereocenters. The maximum Gasteiger partial charge on any atom is 0.259 e. The third kappa shape index (κ3) is 3.26. The first-order chi connectivity index (χ1) is 9.10. The van der Waals surface area contributed by atoms with Crippen LogP contribution in [-0.4, -0.2) is 16.1 Å². The minimum atomic E-state index is -0.472. The predicted molar refractivity (Wildman–Crippen MR) is 76.8 cm³/mol. The standard InChI is InChI=1S/C14H12BrNO3/c15-8-9-1-3-10(4-2-9)16-14(19)12-7-11(17)5-6-13(12)18/h1-7,17-18H,8H2,(H,16,19). The molecule has 19 heavy (non-hydrogen) atoms. The number of hydrogen-bond acceptors (Lipinski definition) is 3. The van der Waals surface area contributed by atoms with E-state index >= 15 is 0 Å². The van der Waals surface area contributed by atoms with Gasteiger partial charge in [0.15, 0.2) is 0 Å². The van der Waals surface area contributed by atoms with Crippen molar-refractivity contribution in [2.24, 2.45) is 0 Å². The number of phenols is 2. The zero-order valence-corrected chi connectivity index (χ0v) is 11.5. The molecule has 0 aromatic heterocycles. The molecule has 0 spiro atoms. The molecule has 0 fully saturated rings. The van der Waals surface area contributed by atoms with Crippen molar-refractivity contribution in [3.63, 3.8) is 0 Å². The molecular weight excluding hydrogens is 310 g/mol. The Morgan fingerprint density at radius 1 is 1.11 bits per heavy atom. The third-order valence-corrected chi connectivity index (χ3v) is 3.24. The lowest BCUT2D eigenvalue weighted by Gasteiger charge is -2.07. The fraction of sp³-hybridized carbons (Fsp3) is 0.0714. The first-order valence-corrected chi connectivity index (χ1v) is 6.70. The van der Waals surface area contributed by atoms with Crippen LogP contribution in [0.3, 0.4) is 0 Å². The number of anilines is 1. The van der Waals surface area contributed by atoms with Crippen LogP contribution in [-0.2, 0) is 5.33 Å². The van der Waals surface area contributed by atoms with E-state index in [1.807, 2.05) is 12.1 Å². The maximum atomic E-state index is 12.0. The van der Waals surface area contributed by atoms with E-state index in [2.05, 4.69) is 21.2 Å². The van der Waals surface area contributed by atoms with Crippen LogP contribution in [0, 0.1) is 0 Å². The minimum absolute atomic E-state index is 0.0320. The molecular formula is C14H12BrNO3. The second-order valence-electron chi connectivity index (χ2n) is 3.99. The van der Waals surface area contributed by atoms with Gasteiger partial charge in [0.1, 0.15) is 11.5 Å². The van der Waals surface area contributed by atoms with Gasteiger partial charge in [-0.15, -0.1) is 0 Å². The van der Waals surface area contributed by atoms with Crippen LogP contribution in [0.25, 0.3) is 0 Å². The number of phenolic OH excluding ortho intramolecular Hbond substituents is 2. The number of carbonyl (C=O) groups is 1. The summed E-state index contributed by atoms with van der Waals surface area (Å²) in [6, 6.07) is 11.1. The average molecular weight is 322 g/mol. The lowest BCUT2D eigenvalue weighted by molar-refractivity contribution is 0.102. The van der Waals surface area contributed by atoms with E-state index in [9.17, 15) is 15.0 Å². The molecule has 0 aliphatic carbocycles. The predicted octanol–water partition coefficient (Wildman–Crippen LogP) is 3.25. The van der Waals surface area contributed by atoms with Crippen LogP contribution in [0.1, 0.15) is 15.9 Å². The summed E-state index contributed by atoms with van der Waals surface area (Å²) in [5, 5.41) is 22.3. The molecule has 0 aliphatic rings. The molecule has 4 nitrogen and oxygen atoms in total. The fourth-order valence-corrected chi connectivity index (χ4v) is 1.96. The molecule has 2 aromatic carbocycles. The van der Waals surface area contributed by atoms with Crippen molar-refractivity contribution >= 4 is 27.5 Å². The molecule has 2 aromatic rings. The zero-order chi connectivity index (χ0) is 13.8. The largest absolute Gasteiger partial charge is 0.508 e. The number of rotatable bonds is 3. The molecule has 0 unspecified atom stereocenters. The van der Waals surface area contributed by atoms with Crippen molar-refractivity contribution in [3.05, 3.63) is 53.6 Å². The number of alkyl halides is 1. The zero-order valence-electron chi connectivity index (χ0n) is 9.93. The molecule has 1 amide bonds. The van der Waals surface area contributed by atoms with Crippen LogP contribution in [0.4, 0.5) is 5.69 Å². The smallest absolute Gasteiger partial charge is 0.259 e. The van der Waals surface area contributed by atoms with E-state index in [0.717, 1.165) is 10.9 Å². The highest BCUT2D eigenvalue weighted by molar-refractivity contribution is 9.08. The van der Waals surface area contributed by atoms with Gasteiger partial charge in [0.05, 0.1) is 5.56 Å². The summed E-state index contributed by atoms with van der Waals surface area (Å²) >= 11 is 3.34. The number of benzene rings is 2. The molecule has 0 saturated heterocycles. The molecule has 0 aliphatic heterocycles. The topological polar surface area (TPSA) is 69.6 Å². The van der Waals surface area contributed by atoms with Crippen molar-refractivity contribution in [2.45, 2.75) is 5.33 Å². The Morgan fingerprint density at radius 2 is 1.79 bits per heavy atom. The van der Waals surface area contributed by atoms with Crippen molar-refractivity contribution in [3.8, 4) is 11.5 Å². The number of nitrogens with one attached hydrogen (secondary N) is 1. The Balaban J connectivity index is 2.18. The van der Waals surface area contributed by atoms with Crippen molar-refractivity contribution in [1.29, 1.82) is 0 Å². The van der Waals surface area contributed by atoms with Gasteiger partial charge in [0.25, 0.3) is 5.91 Å². The second-order valence-corrected chi connectivity index (χ2v) is 4.55. The number of amides is 1. The quantitative estimate of drug-likeness (QED) is 0.600. The van der Waals surface area contributed by atoms with E-state index in [0.29, 0.717) is 5.69 Å². The molecule has 0 saturated carbocycles. The average Bonchev–Trinajstić information content (AvgIpc) is 2.42. The van der Waals surface area contributed by atoms with Gasteiger partial charge < -0.3 is 15.5 Å². The van der Waals surface area contributed by atoms with E-state index in [-0.39, 0.29) is 17.1 Å². The fourth-order valence-electron chi connectivity index (χ4n) is 1.58. The van der Waals surface area contributed by atoms with Crippen LogP contribution in [0.5, 0.6) is 11.5 Å². The monoisotopic (exact) mass is 321 g/mol. The molecule has 98 valence electrons. The van der Waals surface area contributed by atoms with E-state index in [1.165, 1.54) is 18.2 Å². The summed E-state index contributed by atoms with van der Waals surface area (Å²) in [6.45, 7) is 0. The van der Waals surface area contributed by atoms with Crippen molar-refractivity contribution < 1.29 is 15.0 Å². The molecule has 2 rings (SSSR count). The van der Waals surface area contributed by atoms with Gasteiger partial charge in [-0.25, -0.2) is 0 Å². The second kappa shape index (κ2) is 5.75. The molecule has 0 heterocycles. The first kappa shape index (κ1) is 13.4. The summed E-state index contributed by atoms with van der Waals surface area (Å²) in [7, 11) is 0. The summed E-state index contributed by atoms with van der Waals surface area (Å²) in [5.74, 6) is -0.718. The minimum Gasteiger partial charge on any atom is -0.508 e. The van der Waals surface area contributed by atoms with Crippen LogP contribution >= 0.6 is 15.9 Å². The number of hydrogen-bond donors (Lipinski definition) is 3. The van der Waals surface area contributed by atoms with Crippen LogP contribution in [0.2, 0.25) is 0 Å². The Hall–Kier alpha value is -2.01. The van der Waals surface area contributed by atoms with Gasteiger partial charge in [-0.05, 0) is 35.9 Å². The van der Waals surface area contributed by atoms with Gasteiger partial charge in [-0.3, -0.25) is 4.79 Å². The third-order valence-electron chi connectivity index (χ3n) is 2.59. The highest BCUT2D eigenvalue weighted by Gasteiger charge is 2.12. The summed E-state index contributed by atoms with van der Waals surface area (Å²) in [4.78, 5) is 12.0. The summed E-state index contributed by atoms with van der Waals surface area (Å²) < 4.78 is 0. The first-order valence-electron chi connectivity index (χ1n) is 5.58. The SMILES string of the molecule is O=C(Nc1ccc(CBr)cc1)c1cc(O)ccc1O. The highest BCUT2D eigenvalue weighted by atomic mass is 79.9. The molecule has 3 N–H and O–H groups in total. The van der Waals surface area contributed by atoms with Gasteiger partial charge >= 0.3 is 0 Å². The van der Waals surface area contributed by atoms with E-state index in [4.69, 9.17) is 0 Å². The number of halogens is 1. The van der Waals surface area contributed by atoms with Crippen LogP contribution < -0.4 is 5.32 Å².